The lowest BCUT2D eigenvalue weighted by Crippen LogP contribution is -2.48. The average molecular weight is 723 g/mol. The third kappa shape index (κ3) is 9.33. The highest BCUT2D eigenvalue weighted by Crippen LogP contribution is 2.42. The molecule has 5 rings (SSSR count). The lowest BCUT2D eigenvalue weighted by molar-refractivity contribution is -0.141. The number of aromatic nitrogens is 3. The number of carbonyl (C=O) groups is 3. The normalized spacial score (nSPS) is 14.4. The van der Waals surface area contributed by atoms with Gasteiger partial charge in [0.05, 0.1) is 16.9 Å². The number of anilines is 1. The van der Waals surface area contributed by atoms with Crippen molar-refractivity contribution >= 4 is 23.6 Å². The van der Waals surface area contributed by atoms with E-state index in [0.717, 1.165) is 30.0 Å². The van der Waals surface area contributed by atoms with Gasteiger partial charge in [-0.1, -0.05) is 51.0 Å². The molecule has 1 atom stereocenters. The van der Waals surface area contributed by atoms with Crippen molar-refractivity contribution in [3.63, 3.8) is 0 Å². The minimum Gasteiger partial charge on any atom is -0.444 e. The molecule has 2 aromatic heterocycles. The van der Waals surface area contributed by atoms with E-state index in [2.05, 4.69) is 26.0 Å². The second-order valence-electron chi connectivity index (χ2n) is 14.3. The molecule has 276 valence electrons. The molecule has 0 bridgehead atoms. The van der Waals surface area contributed by atoms with Crippen molar-refractivity contribution in [2.24, 2.45) is 11.8 Å². The Bertz CT molecular complexity index is 1920. The molecule has 14 heteroatoms. The van der Waals surface area contributed by atoms with Crippen LogP contribution in [0.3, 0.4) is 0 Å². The molecule has 1 unspecified atom stereocenters. The molecule has 0 radical (unpaired) electrons. The van der Waals surface area contributed by atoms with Crippen LogP contribution in [0.25, 0.3) is 5.69 Å². The van der Waals surface area contributed by atoms with Gasteiger partial charge in [-0.3, -0.25) is 14.6 Å². The SMILES string of the molecule is CC(C)C(=O)NC(CCC1CC1)(c1cccnc1)c1ccc(F)c(NC(=O)c2cc(C(F)(F)F)nn2-c2cccc(CNC(=O)OC(C)(C)C)c2)c1. The maximum absolute atomic E-state index is 15.5. The number of ether oxygens (including phenoxy) is 1. The number of benzene rings is 2. The summed E-state index contributed by atoms with van der Waals surface area (Å²) < 4.78 is 63.4. The first-order valence-electron chi connectivity index (χ1n) is 17.0. The van der Waals surface area contributed by atoms with Crippen LogP contribution in [0.2, 0.25) is 0 Å². The number of hydrogen-bond acceptors (Lipinski definition) is 6. The highest BCUT2D eigenvalue weighted by molar-refractivity contribution is 6.03. The Kier molecular flexibility index (Phi) is 11.1. The molecule has 10 nitrogen and oxygen atoms in total. The van der Waals surface area contributed by atoms with Crippen LogP contribution in [0.4, 0.5) is 28.0 Å². The standard InChI is InChI=1S/C38H42F4N6O4/c1-23(2)33(49)46-37(16-15-24-11-12-24,27-9-7-17-43-22-27)26-13-14-29(39)30(19-26)45-34(50)31-20-32(38(40,41)42)47-48(31)28-10-6-8-25(18-28)21-44-35(51)52-36(3,4)5/h6-10,13-14,17-20,22-24H,11-12,15-16,21H2,1-5H3,(H,44,51)(H,45,50)(H,46,49). The van der Waals surface area contributed by atoms with Crippen LogP contribution in [0.15, 0.2) is 73.1 Å². The summed E-state index contributed by atoms with van der Waals surface area (Å²) in [5.74, 6) is -2.06. The molecule has 1 fully saturated rings. The molecule has 1 saturated carbocycles. The number of alkyl carbamates (subject to hydrolysis) is 1. The lowest BCUT2D eigenvalue weighted by atomic mass is 9.78. The number of nitrogens with zero attached hydrogens (tertiary/aromatic N) is 3. The van der Waals surface area contributed by atoms with Gasteiger partial charge < -0.3 is 20.7 Å². The molecule has 0 aliphatic heterocycles. The fourth-order valence-corrected chi connectivity index (χ4v) is 5.70. The molecule has 0 saturated heterocycles. The molecule has 2 aromatic carbocycles. The second kappa shape index (κ2) is 15.1. The molecule has 0 spiro atoms. The fourth-order valence-electron chi connectivity index (χ4n) is 5.70. The fraction of sp³-hybridized carbons (Fsp3) is 0.395. The number of halogens is 4. The third-order valence-corrected chi connectivity index (χ3v) is 8.57. The molecular formula is C38H42F4N6O4. The van der Waals surface area contributed by atoms with Crippen molar-refractivity contribution in [2.45, 2.75) is 84.2 Å². The molecular weight excluding hydrogens is 680 g/mol. The van der Waals surface area contributed by atoms with E-state index in [1.165, 1.54) is 30.3 Å². The monoisotopic (exact) mass is 722 g/mol. The van der Waals surface area contributed by atoms with Gasteiger partial charge in [0.25, 0.3) is 5.91 Å². The topological polar surface area (TPSA) is 127 Å². The number of hydrogen-bond donors (Lipinski definition) is 3. The van der Waals surface area contributed by atoms with Gasteiger partial charge in [-0.2, -0.15) is 18.3 Å². The maximum atomic E-state index is 15.5. The van der Waals surface area contributed by atoms with Crippen LogP contribution in [0, 0.1) is 17.7 Å². The van der Waals surface area contributed by atoms with Crippen LogP contribution in [-0.2, 0) is 27.8 Å². The van der Waals surface area contributed by atoms with Gasteiger partial charge in [0.1, 0.15) is 17.1 Å². The Labute approximate surface area is 299 Å². The van der Waals surface area contributed by atoms with Gasteiger partial charge in [-0.05, 0) is 81.0 Å². The van der Waals surface area contributed by atoms with E-state index in [4.69, 9.17) is 4.74 Å². The highest BCUT2D eigenvalue weighted by atomic mass is 19.4. The Hall–Kier alpha value is -5.27. The summed E-state index contributed by atoms with van der Waals surface area (Å²) in [5.41, 5.74) is -2.36. The molecule has 3 N–H and O–H groups in total. The van der Waals surface area contributed by atoms with E-state index in [-0.39, 0.29) is 29.7 Å². The highest BCUT2D eigenvalue weighted by Gasteiger charge is 2.40. The first-order chi connectivity index (χ1) is 24.4. The van der Waals surface area contributed by atoms with Crippen LogP contribution in [-0.4, -0.2) is 38.3 Å². The Morgan fingerprint density at radius 2 is 1.73 bits per heavy atom. The number of amides is 3. The number of nitrogens with one attached hydrogen (secondary N) is 3. The van der Waals surface area contributed by atoms with E-state index in [0.29, 0.717) is 35.1 Å². The number of pyridine rings is 1. The van der Waals surface area contributed by atoms with Gasteiger partial charge in [0.2, 0.25) is 5.91 Å². The van der Waals surface area contributed by atoms with Crippen LogP contribution < -0.4 is 16.0 Å². The summed E-state index contributed by atoms with van der Waals surface area (Å²) in [7, 11) is 0. The second-order valence-corrected chi connectivity index (χ2v) is 14.3. The van der Waals surface area contributed by atoms with E-state index in [9.17, 15) is 27.6 Å². The van der Waals surface area contributed by atoms with E-state index >= 15 is 4.39 Å². The summed E-state index contributed by atoms with van der Waals surface area (Å²) in [6, 6.07) is 14.3. The van der Waals surface area contributed by atoms with Crippen molar-refractivity contribution in [3.05, 3.63) is 107 Å². The van der Waals surface area contributed by atoms with Crippen LogP contribution >= 0.6 is 0 Å². The summed E-state index contributed by atoms with van der Waals surface area (Å²) in [4.78, 5) is 43.5. The summed E-state index contributed by atoms with van der Waals surface area (Å²) in [5, 5.41) is 11.9. The molecule has 4 aromatic rings. The zero-order valence-corrected chi connectivity index (χ0v) is 29.6. The van der Waals surface area contributed by atoms with E-state index in [1.54, 1.807) is 59.1 Å². The predicted octanol–water partition coefficient (Wildman–Crippen LogP) is 7.91. The predicted molar refractivity (Wildman–Crippen MR) is 186 cm³/mol. The van der Waals surface area contributed by atoms with Gasteiger partial charge in [0.15, 0.2) is 5.69 Å². The number of carbonyl (C=O) groups excluding carboxylic acids is 3. The van der Waals surface area contributed by atoms with Crippen molar-refractivity contribution < 1.29 is 36.7 Å². The molecule has 3 amide bonds. The zero-order valence-electron chi connectivity index (χ0n) is 29.6. The van der Waals surface area contributed by atoms with Crippen molar-refractivity contribution in [3.8, 4) is 5.69 Å². The zero-order chi connectivity index (χ0) is 37.8. The van der Waals surface area contributed by atoms with Gasteiger partial charge in [-0.25, -0.2) is 13.9 Å². The first kappa shape index (κ1) is 38.0. The quantitative estimate of drug-likeness (QED) is 0.128. The number of rotatable bonds is 12. The van der Waals surface area contributed by atoms with Crippen LogP contribution in [0.1, 0.15) is 93.2 Å². The van der Waals surface area contributed by atoms with E-state index in [1.807, 2.05) is 6.07 Å². The third-order valence-electron chi connectivity index (χ3n) is 8.57. The van der Waals surface area contributed by atoms with E-state index < -0.39 is 46.5 Å². The minimum atomic E-state index is -4.90. The van der Waals surface area contributed by atoms with Gasteiger partial charge in [0, 0.05) is 36.5 Å². The van der Waals surface area contributed by atoms with Crippen molar-refractivity contribution in [1.29, 1.82) is 0 Å². The number of alkyl halides is 3. The Morgan fingerprint density at radius 1 is 0.981 bits per heavy atom. The first-order valence-corrected chi connectivity index (χ1v) is 17.0. The maximum Gasteiger partial charge on any atom is 0.435 e. The summed E-state index contributed by atoms with van der Waals surface area (Å²) in [6.45, 7) is 8.60. The molecule has 52 heavy (non-hydrogen) atoms. The lowest BCUT2D eigenvalue weighted by Gasteiger charge is -2.37. The summed E-state index contributed by atoms with van der Waals surface area (Å²) in [6.07, 6.45) is 0.973. The van der Waals surface area contributed by atoms with Crippen molar-refractivity contribution in [2.75, 3.05) is 5.32 Å². The largest absolute Gasteiger partial charge is 0.444 e. The Morgan fingerprint density at radius 3 is 2.37 bits per heavy atom. The summed E-state index contributed by atoms with van der Waals surface area (Å²) >= 11 is 0. The van der Waals surface area contributed by atoms with Crippen molar-refractivity contribution in [1.82, 2.24) is 25.4 Å². The Balaban J connectivity index is 1.51. The molecule has 1 aliphatic carbocycles. The average Bonchev–Trinajstić information content (AvgIpc) is 3.80. The van der Waals surface area contributed by atoms with Crippen LogP contribution in [0.5, 0.6) is 0 Å². The van der Waals surface area contributed by atoms with Gasteiger partial charge in [-0.15, -0.1) is 0 Å². The smallest absolute Gasteiger partial charge is 0.435 e. The molecule has 1 aliphatic rings. The minimum absolute atomic E-state index is 0.0253. The molecule has 2 heterocycles. The van der Waals surface area contributed by atoms with Gasteiger partial charge >= 0.3 is 12.3 Å².